The van der Waals surface area contributed by atoms with Crippen LogP contribution in [0.2, 0.25) is 0 Å². The second-order valence-corrected chi connectivity index (χ2v) is 3.61. The molecule has 0 radical (unpaired) electrons. The summed E-state index contributed by atoms with van der Waals surface area (Å²) < 4.78 is 39.0. The summed E-state index contributed by atoms with van der Waals surface area (Å²) in [5.41, 5.74) is -0.453. The predicted molar refractivity (Wildman–Crippen MR) is 50.7 cm³/mol. The maximum Gasteiger partial charge on any atom is 0.134 e. The molecule has 84 valence electrons. The summed E-state index contributed by atoms with van der Waals surface area (Å²) in [5.74, 6) is -3.34. The van der Waals surface area contributed by atoms with Crippen LogP contribution in [-0.4, -0.2) is 5.11 Å². The van der Waals surface area contributed by atoms with Crippen LogP contribution in [0.1, 0.15) is 31.9 Å². The molecule has 0 aromatic heterocycles. The topological polar surface area (TPSA) is 20.2 Å². The summed E-state index contributed by atoms with van der Waals surface area (Å²) in [4.78, 5) is 0. The van der Waals surface area contributed by atoms with E-state index < -0.39 is 29.1 Å². The molecule has 1 aromatic carbocycles. The monoisotopic (exact) mass is 218 g/mol. The zero-order valence-electron chi connectivity index (χ0n) is 8.60. The Labute approximate surface area is 86.5 Å². The Morgan fingerprint density at radius 3 is 2.07 bits per heavy atom. The van der Waals surface area contributed by atoms with Crippen LogP contribution in [0.15, 0.2) is 12.1 Å². The fourth-order valence-electron chi connectivity index (χ4n) is 1.34. The van der Waals surface area contributed by atoms with Gasteiger partial charge in [-0.05, 0) is 5.92 Å². The van der Waals surface area contributed by atoms with E-state index >= 15 is 0 Å². The first-order chi connectivity index (χ1) is 6.97. The van der Waals surface area contributed by atoms with Gasteiger partial charge in [0, 0.05) is 12.1 Å². The molecule has 2 unspecified atom stereocenters. The molecule has 2 atom stereocenters. The summed E-state index contributed by atoms with van der Waals surface area (Å²) in [5, 5.41) is 9.64. The molecule has 1 aromatic rings. The standard InChI is InChI=1S/C11H13F3O/c1-3-6(2)11(15)10-8(13)4-7(12)5-9(10)14/h4-6,11,15H,3H2,1-2H3. The highest BCUT2D eigenvalue weighted by Crippen LogP contribution is 2.28. The van der Waals surface area contributed by atoms with E-state index in [0.717, 1.165) is 0 Å². The van der Waals surface area contributed by atoms with Crippen LogP contribution >= 0.6 is 0 Å². The highest BCUT2D eigenvalue weighted by atomic mass is 19.1. The van der Waals surface area contributed by atoms with Crippen molar-refractivity contribution in [3.63, 3.8) is 0 Å². The fraction of sp³-hybridized carbons (Fsp3) is 0.455. The van der Waals surface area contributed by atoms with E-state index in [0.29, 0.717) is 18.6 Å². The van der Waals surface area contributed by atoms with Gasteiger partial charge >= 0.3 is 0 Å². The Kier molecular flexibility index (Phi) is 3.74. The van der Waals surface area contributed by atoms with Crippen LogP contribution in [-0.2, 0) is 0 Å². The second-order valence-electron chi connectivity index (χ2n) is 3.61. The van der Waals surface area contributed by atoms with Crippen molar-refractivity contribution in [2.24, 2.45) is 5.92 Å². The van der Waals surface area contributed by atoms with Crippen molar-refractivity contribution in [2.45, 2.75) is 26.4 Å². The summed E-state index contributed by atoms with van der Waals surface area (Å²) in [6, 6.07) is 1.15. The Hall–Kier alpha value is -1.03. The lowest BCUT2D eigenvalue weighted by molar-refractivity contribution is 0.107. The van der Waals surface area contributed by atoms with Crippen molar-refractivity contribution in [1.29, 1.82) is 0 Å². The maximum atomic E-state index is 13.2. The third-order valence-corrected chi connectivity index (χ3v) is 2.52. The molecule has 0 amide bonds. The number of hydrogen-bond donors (Lipinski definition) is 1. The molecule has 0 spiro atoms. The number of halogens is 3. The molecule has 1 rings (SSSR count). The van der Waals surface area contributed by atoms with Gasteiger partial charge in [-0.25, -0.2) is 13.2 Å². The molecule has 15 heavy (non-hydrogen) atoms. The van der Waals surface area contributed by atoms with Gasteiger partial charge in [-0.1, -0.05) is 20.3 Å². The van der Waals surface area contributed by atoms with E-state index in [1.54, 1.807) is 13.8 Å². The van der Waals surface area contributed by atoms with Crippen LogP contribution in [0.25, 0.3) is 0 Å². The summed E-state index contributed by atoms with van der Waals surface area (Å²) in [6.45, 7) is 3.47. The number of aliphatic hydroxyl groups excluding tert-OH is 1. The van der Waals surface area contributed by atoms with Gasteiger partial charge in [-0.3, -0.25) is 0 Å². The zero-order valence-corrected chi connectivity index (χ0v) is 8.60. The Balaban J connectivity index is 3.13. The average molecular weight is 218 g/mol. The first-order valence-electron chi connectivity index (χ1n) is 4.79. The molecule has 1 nitrogen and oxygen atoms in total. The van der Waals surface area contributed by atoms with Crippen LogP contribution in [0, 0.1) is 23.4 Å². The third-order valence-electron chi connectivity index (χ3n) is 2.52. The minimum Gasteiger partial charge on any atom is -0.388 e. The molecule has 0 heterocycles. The SMILES string of the molecule is CCC(C)C(O)c1c(F)cc(F)cc1F. The van der Waals surface area contributed by atoms with Crippen LogP contribution in [0.4, 0.5) is 13.2 Å². The predicted octanol–water partition coefficient (Wildman–Crippen LogP) is 3.18. The number of aliphatic hydroxyl groups is 1. The summed E-state index contributed by atoms with van der Waals surface area (Å²) >= 11 is 0. The Morgan fingerprint density at radius 1 is 1.20 bits per heavy atom. The smallest absolute Gasteiger partial charge is 0.134 e. The molecular weight excluding hydrogens is 205 g/mol. The molecule has 0 aliphatic carbocycles. The van der Waals surface area contributed by atoms with Crippen LogP contribution < -0.4 is 0 Å². The highest BCUT2D eigenvalue weighted by molar-refractivity contribution is 5.23. The Morgan fingerprint density at radius 2 is 1.67 bits per heavy atom. The lowest BCUT2D eigenvalue weighted by Gasteiger charge is -2.18. The van der Waals surface area contributed by atoms with Gasteiger partial charge in [-0.15, -0.1) is 0 Å². The highest BCUT2D eigenvalue weighted by Gasteiger charge is 2.23. The number of hydrogen-bond acceptors (Lipinski definition) is 1. The summed E-state index contributed by atoms with van der Waals surface area (Å²) in [6.07, 6.45) is -0.659. The van der Waals surface area contributed by atoms with Crippen molar-refractivity contribution >= 4 is 0 Å². The van der Waals surface area contributed by atoms with Crippen LogP contribution in [0.5, 0.6) is 0 Å². The average Bonchev–Trinajstić information content (AvgIpc) is 2.14. The molecular formula is C11H13F3O. The van der Waals surface area contributed by atoms with Gasteiger partial charge < -0.3 is 5.11 Å². The third kappa shape index (κ3) is 2.50. The van der Waals surface area contributed by atoms with E-state index in [2.05, 4.69) is 0 Å². The lowest BCUT2D eigenvalue weighted by Crippen LogP contribution is -2.12. The van der Waals surface area contributed by atoms with Crippen molar-refractivity contribution in [3.8, 4) is 0 Å². The molecule has 0 fully saturated rings. The second kappa shape index (κ2) is 4.66. The Bertz CT molecular complexity index is 329. The molecule has 0 aliphatic rings. The van der Waals surface area contributed by atoms with Crippen LogP contribution in [0.3, 0.4) is 0 Å². The van der Waals surface area contributed by atoms with Crippen molar-refractivity contribution in [2.75, 3.05) is 0 Å². The van der Waals surface area contributed by atoms with Crippen molar-refractivity contribution in [1.82, 2.24) is 0 Å². The first-order valence-corrected chi connectivity index (χ1v) is 4.79. The van der Waals surface area contributed by atoms with E-state index in [1.807, 2.05) is 0 Å². The van der Waals surface area contributed by atoms with Gasteiger partial charge in [0.05, 0.1) is 11.7 Å². The van der Waals surface area contributed by atoms with E-state index in [9.17, 15) is 18.3 Å². The van der Waals surface area contributed by atoms with Crippen molar-refractivity contribution < 1.29 is 18.3 Å². The maximum absolute atomic E-state index is 13.2. The quantitative estimate of drug-likeness (QED) is 0.826. The normalized spacial score (nSPS) is 15.1. The van der Waals surface area contributed by atoms with Gasteiger partial charge in [-0.2, -0.15) is 0 Å². The van der Waals surface area contributed by atoms with Gasteiger partial charge in [0.2, 0.25) is 0 Å². The molecule has 0 aliphatic heterocycles. The number of rotatable bonds is 3. The van der Waals surface area contributed by atoms with Gasteiger partial charge in [0.25, 0.3) is 0 Å². The number of benzene rings is 1. The molecule has 4 heteroatoms. The molecule has 0 bridgehead atoms. The molecule has 0 saturated heterocycles. The van der Waals surface area contributed by atoms with E-state index in [1.165, 1.54) is 0 Å². The molecule has 0 saturated carbocycles. The fourth-order valence-corrected chi connectivity index (χ4v) is 1.34. The van der Waals surface area contributed by atoms with E-state index in [-0.39, 0.29) is 5.92 Å². The summed E-state index contributed by atoms with van der Waals surface area (Å²) in [7, 11) is 0. The van der Waals surface area contributed by atoms with Gasteiger partial charge in [0.15, 0.2) is 0 Å². The minimum absolute atomic E-state index is 0.278. The largest absolute Gasteiger partial charge is 0.388 e. The minimum atomic E-state index is -1.24. The zero-order chi connectivity index (χ0) is 11.6. The van der Waals surface area contributed by atoms with Crippen molar-refractivity contribution in [3.05, 3.63) is 35.1 Å². The lowest BCUT2D eigenvalue weighted by atomic mass is 9.94. The first kappa shape index (κ1) is 12.0. The molecule has 1 N–H and O–H groups in total. The van der Waals surface area contributed by atoms with Gasteiger partial charge in [0.1, 0.15) is 17.5 Å². The van der Waals surface area contributed by atoms with E-state index in [4.69, 9.17) is 0 Å².